The van der Waals surface area contributed by atoms with Gasteiger partial charge in [0.15, 0.2) is 5.78 Å². The number of thioether (sulfide) groups is 1. The van der Waals surface area contributed by atoms with Crippen molar-refractivity contribution < 1.29 is 9.72 Å². The lowest BCUT2D eigenvalue weighted by Gasteiger charge is -2.04. The van der Waals surface area contributed by atoms with E-state index in [1.807, 2.05) is 0 Å². The van der Waals surface area contributed by atoms with Gasteiger partial charge in [0.05, 0.1) is 15.7 Å². The zero-order chi connectivity index (χ0) is 15.4. The van der Waals surface area contributed by atoms with Gasteiger partial charge >= 0.3 is 0 Å². The van der Waals surface area contributed by atoms with E-state index in [0.717, 1.165) is 4.90 Å². The molecule has 0 aromatic heterocycles. The van der Waals surface area contributed by atoms with Gasteiger partial charge in [-0.05, 0) is 30.3 Å². The summed E-state index contributed by atoms with van der Waals surface area (Å²) in [6, 6.07) is 10.7. The molecule has 108 valence electrons. The first kappa shape index (κ1) is 15.8. The molecule has 0 heterocycles. The topological polar surface area (TPSA) is 60.2 Å². The van der Waals surface area contributed by atoms with Crippen LogP contribution in [0.3, 0.4) is 0 Å². The van der Waals surface area contributed by atoms with Gasteiger partial charge in [-0.3, -0.25) is 14.9 Å². The largest absolute Gasteiger partial charge is 0.293 e. The Bertz CT molecular complexity index is 689. The predicted octanol–water partition coefficient (Wildman–Crippen LogP) is 4.88. The van der Waals surface area contributed by atoms with Gasteiger partial charge < -0.3 is 0 Å². The Balaban J connectivity index is 2.02. The lowest BCUT2D eigenvalue weighted by molar-refractivity contribution is -0.384. The van der Waals surface area contributed by atoms with Crippen LogP contribution in [-0.4, -0.2) is 16.5 Å². The normalized spacial score (nSPS) is 10.4. The number of carbonyl (C=O) groups is 1. The third-order valence-corrected chi connectivity index (χ3v) is 4.21. The molecule has 0 radical (unpaired) electrons. The number of nitrogens with zero attached hydrogens (tertiary/aromatic N) is 1. The summed E-state index contributed by atoms with van der Waals surface area (Å²) in [5.74, 6) is 0.0686. The van der Waals surface area contributed by atoms with Crippen molar-refractivity contribution in [1.82, 2.24) is 0 Å². The van der Waals surface area contributed by atoms with E-state index in [1.165, 1.54) is 30.0 Å². The minimum absolute atomic E-state index is 0.0198. The number of nitro groups is 1. The van der Waals surface area contributed by atoms with E-state index < -0.39 is 4.92 Å². The zero-order valence-electron chi connectivity index (χ0n) is 10.6. The predicted molar refractivity (Wildman–Crippen MR) is 84.6 cm³/mol. The van der Waals surface area contributed by atoms with E-state index >= 15 is 0 Å². The SMILES string of the molecule is O=C(CSc1ccc([N+](=O)[O-])cc1)c1ccc(Cl)cc1Cl. The number of halogens is 2. The monoisotopic (exact) mass is 341 g/mol. The summed E-state index contributed by atoms with van der Waals surface area (Å²) in [6.07, 6.45) is 0. The van der Waals surface area contributed by atoms with E-state index in [0.29, 0.717) is 15.6 Å². The Morgan fingerprint density at radius 3 is 2.38 bits per heavy atom. The van der Waals surface area contributed by atoms with E-state index in [1.54, 1.807) is 24.3 Å². The van der Waals surface area contributed by atoms with Gasteiger partial charge in [-0.15, -0.1) is 11.8 Å². The van der Waals surface area contributed by atoms with Crippen molar-refractivity contribution in [2.75, 3.05) is 5.75 Å². The van der Waals surface area contributed by atoms with Crippen molar-refractivity contribution in [2.24, 2.45) is 0 Å². The van der Waals surface area contributed by atoms with Crippen molar-refractivity contribution in [3.05, 3.63) is 68.2 Å². The van der Waals surface area contributed by atoms with Crippen LogP contribution >= 0.6 is 35.0 Å². The van der Waals surface area contributed by atoms with Crippen molar-refractivity contribution >= 4 is 46.4 Å². The smallest absolute Gasteiger partial charge is 0.269 e. The molecule has 7 heteroatoms. The lowest BCUT2D eigenvalue weighted by atomic mass is 10.1. The standard InChI is InChI=1S/C14H9Cl2NO3S/c15-9-1-6-12(13(16)7-9)14(18)8-21-11-4-2-10(3-5-11)17(19)20/h1-7H,8H2. The number of hydrogen-bond donors (Lipinski definition) is 0. The number of ketones is 1. The average molecular weight is 342 g/mol. The molecule has 2 aromatic carbocycles. The molecule has 0 aliphatic rings. The van der Waals surface area contributed by atoms with Crippen LogP contribution in [0.5, 0.6) is 0 Å². The van der Waals surface area contributed by atoms with Gasteiger partial charge in [0.1, 0.15) is 0 Å². The lowest BCUT2D eigenvalue weighted by Crippen LogP contribution is -2.03. The van der Waals surface area contributed by atoms with Crippen LogP contribution in [-0.2, 0) is 0 Å². The van der Waals surface area contributed by atoms with E-state index in [2.05, 4.69) is 0 Å². The summed E-state index contributed by atoms with van der Waals surface area (Å²) in [5, 5.41) is 11.3. The maximum absolute atomic E-state index is 12.1. The number of carbonyl (C=O) groups excluding carboxylic acids is 1. The minimum atomic E-state index is -0.465. The Morgan fingerprint density at radius 2 is 1.81 bits per heavy atom. The molecule has 2 rings (SSSR count). The molecule has 4 nitrogen and oxygen atoms in total. The van der Waals surface area contributed by atoms with E-state index in [4.69, 9.17) is 23.2 Å². The Kier molecular flexibility index (Phi) is 5.22. The number of non-ortho nitro benzene ring substituents is 1. The number of Topliss-reactive ketones (excluding diaryl/α,β-unsaturated/α-hetero) is 1. The maximum Gasteiger partial charge on any atom is 0.269 e. The molecule has 0 saturated carbocycles. The van der Waals surface area contributed by atoms with Crippen LogP contribution in [0.4, 0.5) is 5.69 Å². The average Bonchev–Trinajstić information content (AvgIpc) is 2.45. The van der Waals surface area contributed by atoms with Gasteiger partial charge in [0.2, 0.25) is 0 Å². The third-order valence-electron chi connectivity index (χ3n) is 2.65. The molecular weight excluding hydrogens is 333 g/mol. The van der Waals surface area contributed by atoms with Crippen LogP contribution in [0, 0.1) is 10.1 Å². The first-order valence-electron chi connectivity index (χ1n) is 5.83. The molecule has 0 aliphatic heterocycles. The fourth-order valence-corrected chi connectivity index (χ4v) is 2.90. The molecule has 21 heavy (non-hydrogen) atoms. The van der Waals surface area contributed by atoms with Crippen LogP contribution in [0.25, 0.3) is 0 Å². The first-order valence-corrected chi connectivity index (χ1v) is 7.57. The number of rotatable bonds is 5. The van der Waals surface area contributed by atoms with Gasteiger partial charge in [-0.25, -0.2) is 0 Å². The molecule has 0 atom stereocenters. The second-order valence-electron chi connectivity index (χ2n) is 4.09. The Hall–Kier alpha value is -1.56. The second-order valence-corrected chi connectivity index (χ2v) is 5.98. The van der Waals surface area contributed by atoms with Crippen molar-refractivity contribution in [3.63, 3.8) is 0 Å². The molecular formula is C14H9Cl2NO3S. The summed E-state index contributed by atoms with van der Waals surface area (Å²) in [6.45, 7) is 0. The Labute approximate surface area is 135 Å². The van der Waals surface area contributed by atoms with Crippen molar-refractivity contribution in [2.45, 2.75) is 4.90 Å². The van der Waals surface area contributed by atoms with Crippen molar-refractivity contribution in [1.29, 1.82) is 0 Å². The molecule has 0 aliphatic carbocycles. The molecule has 0 bridgehead atoms. The second kappa shape index (κ2) is 6.93. The van der Waals surface area contributed by atoms with Gasteiger partial charge in [-0.1, -0.05) is 23.2 Å². The summed E-state index contributed by atoms with van der Waals surface area (Å²) in [4.78, 5) is 22.9. The highest BCUT2D eigenvalue weighted by atomic mass is 35.5. The summed E-state index contributed by atoms with van der Waals surface area (Å²) in [7, 11) is 0. The van der Waals surface area contributed by atoms with Crippen LogP contribution in [0.1, 0.15) is 10.4 Å². The van der Waals surface area contributed by atoms with E-state index in [9.17, 15) is 14.9 Å². The minimum Gasteiger partial charge on any atom is -0.293 e. The fraction of sp³-hybridized carbons (Fsp3) is 0.0714. The first-order chi connectivity index (χ1) is 9.97. The zero-order valence-corrected chi connectivity index (χ0v) is 12.9. The molecule has 0 unspecified atom stereocenters. The molecule has 0 spiro atoms. The highest BCUT2D eigenvalue weighted by Gasteiger charge is 2.12. The van der Waals surface area contributed by atoms with Crippen LogP contribution < -0.4 is 0 Å². The van der Waals surface area contributed by atoms with Gasteiger partial charge in [0.25, 0.3) is 5.69 Å². The summed E-state index contributed by atoms with van der Waals surface area (Å²) in [5.41, 5.74) is 0.432. The fourth-order valence-electron chi connectivity index (χ4n) is 1.61. The Morgan fingerprint density at radius 1 is 1.14 bits per heavy atom. The van der Waals surface area contributed by atoms with Gasteiger partial charge in [0, 0.05) is 27.6 Å². The summed E-state index contributed by atoms with van der Waals surface area (Å²) < 4.78 is 0. The molecule has 0 fully saturated rings. The van der Waals surface area contributed by atoms with Gasteiger partial charge in [-0.2, -0.15) is 0 Å². The summed E-state index contributed by atoms with van der Waals surface area (Å²) >= 11 is 13.0. The van der Waals surface area contributed by atoms with Crippen LogP contribution in [0.2, 0.25) is 10.0 Å². The molecule has 0 N–H and O–H groups in total. The maximum atomic E-state index is 12.1. The van der Waals surface area contributed by atoms with Crippen LogP contribution in [0.15, 0.2) is 47.4 Å². The van der Waals surface area contributed by atoms with Crippen molar-refractivity contribution in [3.8, 4) is 0 Å². The number of benzene rings is 2. The highest BCUT2D eigenvalue weighted by molar-refractivity contribution is 8.00. The quantitative estimate of drug-likeness (QED) is 0.336. The molecule has 2 aromatic rings. The molecule has 0 amide bonds. The molecule has 0 saturated heterocycles. The van der Waals surface area contributed by atoms with E-state index in [-0.39, 0.29) is 17.2 Å². The number of hydrogen-bond acceptors (Lipinski definition) is 4. The number of nitro benzene ring substituents is 1. The third kappa shape index (κ3) is 4.20. The highest BCUT2D eigenvalue weighted by Crippen LogP contribution is 2.25.